The Morgan fingerprint density at radius 1 is 1.20 bits per heavy atom. The molecule has 0 aliphatic rings. The minimum atomic E-state index is -0.246. The van der Waals surface area contributed by atoms with Gasteiger partial charge in [-0.05, 0) is 17.7 Å². The summed E-state index contributed by atoms with van der Waals surface area (Å²) < 4.78 is 12.9. The number of anilines is 2. The first-order chi connectivity index (χ1) is 9.76. The van der Waals surface area contributed by atoms with Gasteiger partial charge >= 0.3 is 0 Å². The summed E-state index contributed by atoms with van der Waals surface area (Å²) in [5.41, 5.74) is 2.29. The van der Waals surface area contributed by atoms with Crippen LogP contribution in [0.5, 0.6) is 0 Å². The molecule has 2 heterocycles. The van der Waals surface area contributed by atoms with Crippen molar-refractivity contribution in [1.82, 2.24) is 19.9 Å². The fourth-order valence-electron chi connectivity index (χ4n) is 1.86. The Labute approximate surface area is 114 Å². The van der Waals surface area contributed by atoms with Crippen LogP contribution < -0.4 is 10.6 Å². The molecule has 3 N–H and O–H groups in total. The van der Waals surface area contributed by atoms with Crippen molar-refractivity contribution in [2.75, 3.05) is 17.7 Å². The van der Waals surface area contributed by atoms with Gasteiger partial charge in [-0.25, -0.2) is 9.37 Å². The Balaban J connectivity index is 1.86. The average Bonchev–Trinajstić information content (AvgIpc) is 2.94. The third-order valence-corrected chi connectivity index (χ3v) is 2.88. The average molecular weight is 272 g/mol. The van der Waals surface area contributed by atoms with Crippen LogP contribution in [0, 0.1) is 5.82 Å². The summed E-state index contributed by atoms with van der Waals surface area (Å²) in [6.07, 6.45) is 1.57. The van der Waals surface area contributed by atoms with Crippen molar-refractivity contribution < 1.29 is 4.39 Å². The molecule has 0 fully saturated rings. The summed E-state index contributed by atoms with van der Waals surface area (Å²) in [5.74, 6) is 0.900. The molecule has 20 heavy (non-hydrogen) atoms. The van der Waals surface area contributed by atoms with Crippen LogP contribution in [0.4, 0.5) is 16.2 Å². The van der Waals surface area contributed by atoms with Gasteiger partial charge in [0, 0.05) is 13.6 Å². The van der Waals surface area contributed by atoms with Crippen LogP contribution in [0.1, 0.15) is 5.56 Å². The zero-order chi connectivity index (χ0) is 13.9. The molecule has 0 aliphatic heterocycles. The molecule has 0 radical (unpaired) electrons. The van der Waals surface area contributed by atoms with Gasteiger partial charge in [0.25, 0.3) is 0 Å². The van der Waals surface area contributed by atoms with Crippen molar-refractivity contribution >= 4 is 22.9 Å². The number of benzene rings is 1. The molecule has 0 unspecified atom stereocenters. The maximum Gasteiger partial charge on any atom is 0.226 e. The maximum absolute atomic E-state index is 12.9. The highest BCUT2D eigenvalue weighted by Gasteiger charge is 2.08. The minimum Gasteiger partial charge on any atom is -0.364 e. The fourth-order valence-corrected chi connectivity index (χ4v) is 1.86. The largest absolute Gasteiger partial charge is 0.364 e. The van der Waals surface area contributed by atoms with Gasteiger partial charge in [-0.15, -0.1) is 0 Å². The Morgan fingerprint density at radius 3 is 2.75 bits per heavy atom. The highest BCUT2D eigenvalue weighted by molar-refractivity contribution is 5.83. The van der Waals surface area contributed by atoms with Crippen molar-refractivity contribution in [3.8, 4) is 0 Å². The lowest BCUT2D eigenvalue weighted by Gasteiger charge is -2.08. The molecule has 0 amide bonds. The van der Waals surface area contributed by atoms with E-state index in [2.05, 4.69) is 30.6 Å². The molecule has 0 saturated carbocycles. The fraction of sp³-hybridized carbons (Fsp3) is 0.154. The summed E-state index contributed by atoms with van der Waals surface area (Å²) in [4.78, 5) is 15.7. The van der Waals surface area contributed by atoms with Gasteiger partial charge < -0.3 is 15.6 Å². The first-order valence-electron chi connectivity index (χ1n) is 6.13. The zero-order valence-electron chi connectivity index (χ0n) is 10.8. The van der Waals surface area contributed by atoms with Gasteiger partial charge in [0.05, 0.1) is 6.33 Å². The van der Waals surface area contributed by atoms with Crippen molar-refractivity contribution in [1.29, 1.82) is 0 Å². The number of hydrogen-bond donors (Lipinski definition) is 3. The third kappa shape index (κ3) is 2.37. The van der Waals surface area contributed by atoms with E-state index in [1.165, 1.54) is 12.1 Å². The van der Waals surface area contributed by atoms with Gasteiger partial charge in [0.15, 0.2) is 11.5 Å². The number of imidazole rings is 1. The molecule has 102 valence electrons. The van der Waals surface area contributed by atoms with Crippen LogP contribution in [-0.2, 0) is 6.54 Å². The van der Waals surface area contributed by atoms with E-state index in [-0.39, 0.29) is 5.82 Å². The van der Waals surface area contributed by atoms with Crippen molar-refractivity contribution in [2.24, 2.45) is 0 Å². The van der Waals surface area contributed by atoms with Gasteiger partial charge in [0.2, 0.25) is 5.95 Å². The predicted molar refractivity (Wildman–Crippen MR) is 75.0 cm³/mol. The summed E-state index contributed by atoms with van der Waals surface area (Å²) in [6.45, 7) is 0.536. The molecular formula is C13H13FN6. The number of aromatic amines is 1. The molecule has 0 saturated heterocycles. The predicted octanol–water partition coefficient (Wildman–Crippen LogP) is 2.15. The smallest absolute Gasteiger partial charge is 0.226 e. The lowest BCUT2D eigenvalue weighted by molar-refractivity contribution is 0.627. The van der Waals surface area contributed by atoms with E-state index in [1.807, 2.05) is 0 Å². The maximum atomic E-state index is 12.9. The monoisotopic (exact) mass is 272 g/mol. The Morgan fingerprint density at radius 2 is 2.00 bits per heavy atom. The summed E-state index contributed by atoms with van der Waals surface area (Å²) in [7, 11) is 1.75. The van der Waals surface area contributed by atoms with Crippen molar-refractivity contribution in [3.05, 3.63) is 42.0 Å². The molecule has 2 aromatic heterocycles. The van der Waals surface area contributed by atoms with Crippen LogP contribution in [0.15, 0.2) is 30.6 Å². The SMILES string of the molecule is CNc1nc(NCc2ccc(F)cc2)c2[nH]cnc2n1. The topological polar surface area (TPSA) is 78.5 Å². The van der Waals surface area contributed by atoms with E-state index >= 15 is 0 Å². The molecule has 0 spiro atoms. The molecule has 3 aromatic rings. The van der Waals surface area contributed by atoms with Gasteiger partial charge in [-0.3, -0.25) is 0 Å². The zero-order valence-corrected chi connectivity index (χ0v) is 10.8. The normalized spacial score (nSPS) is 10.7. The Bertz CT molecular complexity index is 721. The van der Waals surface area contributed by atoms with E-state index < -0.39 is 0 Å². The number of rotatable bonds is 4. The van der Waals surface area contributed by atoms with E-state index in [0.717, 1.165) is 11.1 Å². The second kappa shape index (κ2) is 5.12. The molecule has 3 rings (SSSR count). The highest BCUT2D eigenvalue weighted by atomic mass is 19.1. The van der Waals surface area contributed by atoms with Crippen LogP contribution in [0.25, 0.3) is 11.2 Å². The van der Waals surface area contributed by atoms with E-state index in [1.54, 1.807) is 25.5 Å². The first kappa shape index (κ1) is 12.3. The molecule has 0 bridgehead atoms. The van der Waals surface area contributed by atoms with E-state index in [4.69, 9.17) is 0 Å². The highest BCUT2D eigenvalue weighted by Crippen LogP contribution is 2.19. The first-order valence-corrected chi connectivity index (χ1v) is 6.13. The number of nitrogens with zero attached hydrogens (tertiary/aromatic N) is 3. The molecule has 7 heteroatoms. The molecule has 1 aromatic carbocycles. The van der Waals surface area contributed by atoms with Crippen molar-refractivity contribution in [2.45, 2.75) is 6.54 Å². The number of H-pyrrole nitrogens is 1. The van der Waals surface area contributed by atoms with Gasteiger partial charge in [-0.2, -0.15) is 9.97 Å². The second-order valence-electron chi connectivity index (χ2n) is 4.23. The minimum absolute atomic E-state index is 0.246. The van der Waals surface area contributed by atoms with Crippen molar-refractivity contribution in [3.63, 3.8) is 0 Å². The Kier molecular flexibility index (Phi) is 3.16. The quantitative estimate of drug-likeness (QED) is 0.678. The lowest BCUT2D eigenvalue weighted by atomic mass is 10.2. The van der Waals surface area contributed by atoms with Crippen LogP contribution in [0.2, 0.25) is 0 Å². The van der Waals surface area contributed by atoms with Gasteiger partial charge in [-0.1, -0.05) is 12.1 Å². The summed E-state index contributed by atoms with van der Waals surface area (Å²) in [5, 5.41) is 6.09. The van der Waals surface area contributed by atoms with Gasteiger partial charge in [0.1, 0.15) is 11.3 Å². The summed E-state index contributed by atoms with van der Waals surface area (Å²) in [6, 6.07) is 6.32. The molecule has 0 aliphatic carbocycles. The molecule has 6 nitrogen and oxygen atoms in total. The summed E-state index contributed by atoms with van der Waals surface area (Å²) >= 11 is 0. The number of aromatic nitrogens is 4. The lowest BCUT2D eigenvalue weighted by Crippen LogP contribution is -2.05. The molecular weight excluding hydrogens is 259 g/mol. The number of fused-ring (bicyclic) bond motifs is 1. The van der Waals surface area contributed by atoms with Crippen LogP contribution >= 0.6 is 0 Å². The standard InChI is InChI=1S/C13H13FN6/c1-15-13-19-11(10-12(20-13)18-7-17-10)16-6-8-2-4-9(14)5-3-8/h2-5,7H,6H2,1H3,(H3,15,16,17,18,19,20). The molecule has 0 atom stereocenters. The Hall–Kier alpha value is -2.70. The van der Waals surface area contributed by atoms with Crippen LogP contribution in [-0.4, -0.2) is 27.0 Å². The second-order valence-corrected chi connectivity index (χ2v) is 4.23. The number of nitrogens with one attached hydrogen (secondary N) is 3. The van der Waals surface area contributed by atoms with E-state index in [0.29, 0.717) is 24.0 Å². The number of halogens is 1. The van der Waals surface area contributed by atoms with Crippen LogP contribution in [0.3, 0.4) is 0 Å². The number of hydrogen-bond acceptors (Lipinski definition) is 5. The van der Waals surface area contributed by atoms with E-state index in [9.17, 15) is 4.39 Å². The third-order valence-electron chi connectivity index (χ3n) is 2.88.